The largest absolute Gasteiger partial charge is 0.442 e. The lowest BCUT2D eigenvalue weighted by Crippen LogP contribution is -2.49. The molecule has 0 aromatic heterocycles. The maximum atomic E-state index is 15.2. The minimum atomic E-state index is -0.609. The van der Waals surface area contributed by atoms with Gasteiger partial charge in [0.25, 0.3) is 0 Å². The summed E-state index contributed by atoms with van der Waals surface area (Å²) >= 11 is 0. The fourth-order valence-electron chi connectivity index (χ4n) is 4.76. The van der Waals surface area contributed by atoms with Crippen LogP contribution >= 0.6 is 0 Å². The van der Waals surface area contributed by atoms with E-state index in [0.29, 0.717) is 31.6 Å². The van der Waals surface area contributed by atoms with Gasteiger partial charge < -0.3 is 15.0 Å². The number of nitrogens with zero attached hydrogens (tertiary/aromatic N) is 4. The monoisotopic (exact) mass is 470 g/mol. The third-order valence-electron chi connectivity index (χ3n) is 6.72. The van der Waals surface area contributed by atoms with E-state index in [1.165, 1.54) is 17.9 Å². The number of quaternary nitrogens is 1. The van der Waals surface area contributed by atoms with E-state index in [4.69, 9.17) is 4.74 Å². The van der Waals surface area contributed by atoms with Crippen LogP contribution in [0.15, 0.2) is 29.8 Å². The van der Waals surface area contributed by atoms with Gasteiger partial charge in [-0.2, -0.15) is 4.48 Å². The highest BCUT2D eigenvalue weighted by Crippen LogP contribution is 2.35. The van der Waals surface area contributed by atoms with Crippen LogP contribution in [-0.2, 0) is 14.3 Å². The number of ether oxygens (including phenoxy) is 1. The van der Waals surface area contributed by atoms with Gasteiger partial charge in [-0.05, 0) is 18.9 Å². The summed E-state index contributed by atoms with van der Waals surface area (Å²) in [5, 5.41) is 12.6. The molecule has 3 aliphatic rings. The van der Waals surface area contributed by atoms with Gasteiger partial charge in [-0.3, -0.25) is 14.5 Å². The third-order valence-corrected chi connectivity index (χ3v) is 6.72. The first kappa shape index (κ1) is 23.7. The van der Waals surface area contributed by atoms with Gasteiger partial charge in [-0.25, -0.2) is 9.18 Å². The Bertz CT molecular complexity index is 1050. The smallest absolute Gasteiger partial charge is 0.414 e. The van der Waals surface area contributed by atoms with Gasteiger partial charge in [0.05, 0.1) is 18.8 Å². The second-order valence-corrected chi connectivity index (χ2v) is 9.04. The number of benzene rings is 1. The Morgan fingerprint density at radius 1 is 1.29 bits per heavy atom. The van der Waals surface area contributed by atoms with Crippen molar-refractivity contribution in [2.75, 3.05) is 44.2 Å². The van der Waals surface area contributed by atoms with Crippen molar-refractivity contribution in [3.8, 4) is 6.19 Å². The van der Waals surface area contributed by atoms with Crippen LogP contribution in [0.4, 0.5) is 20.6 Å². The normalized spacial score (nSPS) is 24.6. The molecule has 1 atom stereocenters. The highest BCUT2D eigenvalue weighted by Gasteiger charge is 2.39. The van der Waals surface area contributed by atoms with Crippen molar-refractivity contribution in [3.63, 3.8) is 0 Å². The van der Waals surface area contributed by atoms with Crippen LogP contribution in [0.5, 0.6) is 0 Å². The van der Waals surface area contributed by atoms with Crippen molar-refractivity contribution in [2.24, 2.45) is 0 Å². The first-order chi connectivity index (χ1) is 16.3. The predicted molar refractivity (Wildman–Crippen MR) is 123 cm³/mol. The maximum Gasteiger partial charge on any atom is 0.414 e. The molecule has 3 fully saturated rings. The van der Waals surface area contributed by atoms with Gasteiger partial charge >= 0.3 is 12.3 Å². The number of hydrogen-bond donors (Lipinski definition) is 1. The highest BCUT2D eigenvalue weighted by molar-refractivity contribution is 5.90. The van der Waals surface area contributed by atoms with Crippen molar-refractivity contribution < 1.29 is 23.5 Å². The van der Waals surface area contributed by atoms with Crippen molar-refractivity contribution in [2.45, 2.75) is 38.7 Å². The zero-order chi connectivity index (χ0) is 24.3. The highest BCUT2D eigenvalue weighted by atomic mass is 19.1. The van der Waals surface area contributed by atoms with Crippen LogP contribution in [0.25, 0.3) is 0 Å². The van der Waals surface area contributed by atoms with Gasteiger partial charge in [0.15, 0.2) is 11.5 Å². The summed E-state index contributed by atoms with van der Waals surface area (Å²) in [6.45, 7) is 4.07. The number of anilines is 1. The second kappa shape index (κ2) is 9.81. The van der Waals surface area contributed by atoms with E-state index in [0.717, 1.165) is 31.5 Å². The number of nitriles is 1. The van der Waals surface area contributed by atoms with E-state index in [-0.39, 0.29) is 35.1 Å². The van der Waals surface area contributed by atoms with Crippen molar-refractivity contribution >= 4 is 29.3 Å². The summed E-state index contributed by atoms with van der Waals surface area (Å²) in [6, 6.07) is 4.41. The first-order valence-corrected chi connectivity index (χ1v) is 11.6. The summed E-state index contributed by atoms with van der Waals surface area (Å²) in [5.74, 6) is -0.776. The molecule has 0 radical (unpaired) electrons. The number of nitrogens with one attached hydrogen (secondary N) is 1. The average molecular weight is 471 g/mol. The molecule has 0 unspecified atom stereocenters. The number of carbonyl (C=O) groups excluding carboxylic acids is 3. The third kappa shape index (κ3) is 4.89. The van der Waals surface area contributed by atoms with Crippen molar-refractivity contribution in [1.29, 1.82) is 5.26 Å². The van der Waals surface area contributed by atoms with Crippen LogP contribution < -0.4 is 14.7 Å². The topological polar surface area (TPSA) is 103 Å². The molecule has 3 aliphatic heterocycles. The van der Waals surface area contributed by atoms with E-state index >= 15 is 4.39 Å². The Morgan fingerprint density at radius 2 is 2.00 bits per heavy atom. The van der Waals surface area contributed by atoms with Crippen molar-refractivity contribution in [3.05, 3.63) is 35.7 Å². The lowest BCUT2D eigenvalue weighted by Gasteiger charge is -2.34. The number of cyclic esters (lactones) is 1. The fourth-order valence-corrected chi connectivity index (χ4v) is 4.76. The number of rotatable bonds is 5. The number of amides is 3. The van der Waals surface area contributed by atoms with Crippen LogP contribution in [0.3, 0.4) is 0 Å². The first-order valence-electron chi connectivity index (χ1n) is 11.6. The van der Waals surface area contributed by atoms with Gasteiger partial charge in [-0.15, -0.1) is 5.26 Å². The summed E-state index contributed by atoms with van der Waals surface area (Å²) in [5.41, 5.74) is 1.57. The molecule has 0 bridgehead atoms. The Labute approximate surface area is 197 Å². The molecule has 3 amide bonds. The number of piperidine rings is 1. The molecule has 9 nitrogen and oxygen atoms in total. The van der Waals surface area contributed by atoms with Crippen LogP contribution in [0.1, 0.15) is 32.6 Å². The Kier molecular flexibility index (Phi) is 6.84. The number of carbonyl (C=O) groups is 3. The van der Waals surface area contributed by atoms with E-state index < -0.39 is 18.0 Å². The minimum Gasteiger partial charge on any atom is -0.442 e. The molecule has 4 rings (SSSR count). The summed E-state index contributed by atoms with van der Waals surface area (Å²) in [7, 11) is 0. The molecule has 1 aromatic rings. The average Bonchev–Trinajstić information content (AvgIpc) is 3.48. The van der Waals surface area contributed by atoms with Gasteiger partial charge in [-0.1, -0.05) is 5.57 Å². The SMILES string of the molecule is CC(=O)NC[C@H]1CN(c2ccc([N+]3(C#N)CCC(=CC(=O)N4CCCC4)CC3)c(F)c2)C(=O)O1. The zero-order valence-corrected chi connectivity index (χ0v) is 19.3. The van der Waals surface area contributed by atoms with Crippen LogP contribution in [0.2, 0.25) is 0 Å². The quantitative estimate of drug-likeness (QED) is 0.405. The molecule has 34 heavy (non-hydrogen) atoms. The van der Waals surface area contributed by atoms with Gasteiger partial charge in [0.2, 0.25) is 11.8 Å². The Balaban J connectivity index is 1.44. The molecule has 3 heterocycles. The predicted octanol–water partition coefficient (Wildman–Crippen LogP) is 2.42. The standard InChI is InChI=1S/C24H28FN5O4/c1-17(31)27-14-20-15-29(24(33)34-20)19-4-5-22(21(25)13-19)30(16-26)10-6-18(7-11-30)12-23(32)28-8-2-3-9-28/h4-5,12-13,20H,2-3,6-11,14-15H2,1H3/p+1/t20-,30?/m0/s1. The maximum absolute atomic E-state index is 15.2. The Hall–Kier alpha value is -3.45. The van der Waals surface area contributed by atoms with Crippen LogP contribution in [0, 0.1) is 17.3 Å². The lowest BCUT2D eigenvalue weighted by atomic mass is 10.00. The van der Waals surface area contributed by atoms with E-state index in [2.05, 4.69) is 11.5 Å². The van der Waals surface area contributed by atoms with Crippen LogP contribution in [-0.4, -0.2) is 68.2 Å². The molecular weight excluding hydrogens is 441 g/mol. The summed E-state index contributed by atoms with van der Waals surface area (Å²) < 4.78 is 20.3. The molecule has 180 valence electrons. The number of hydrogen-bond acceptors (Lipinski definition) is 5. The van der Waals surface area contributed by atoms with E-state index in [9.17, 15) is 19.6 Å². The molecule has 0 aliphatic carbocycles. The van der Waals surface area contributed by atoms with Gasteiger partial charge in [0.1, 0.15) is 19.2 Å². The van der Waals surface area contributed by atoms with E-state index in [1.54, 1.807) is 18.2 Å². The van der Waals surface area contributed by atoms with E-state index in [1.807, 2.05) is 4.90 Å². The molecular formula is C24H29FN5O4+. The minimum absolute atomic E-state index is 0.0225. The fraction of sp³-hybridized carbons (Fsp3) is 0.500. The molecule has 0 spiro atoms. The summed E-state index contributed by atoms with van der Waals surface area (Å²) in [4.78, 5) is 38.9. The molecule has 1 N–H and O–H groups in total. The molecule has 10 heteroatoms. The number of likely N-dealkylation sites (tertiary alicyclic amines) is 2. The number of halogens is 1. The van der Waals surface area contributed by atoms with Gasteiger partial charge in [0, 0.05) is 51.1 Å². The summed E-state index contributed by atoms with van der Waals surface area (Å²) in [6.07, 6.45) is 5.96. The Morgan fingerprint density at radius 3 is 2.62 bits per heavy atom. The lowest BCUT2D eigenvalue weighted by molar-refractivity contribution is -0.125. The molecule has 1 aromatic carbocycles. The van der Waals surface area contributed by atoms with Crippen molar-refractivity contribution in [1.82, 2.24) is 14.7 Å². The molecule has 3 saturated heterocycles. The zero-order valence-electron chi connectivity index (χ0n) is 19.3. The second-order valence-electron chi connectivity index (χ2n) is 9.04. The molecule has 0 saturated carbocycles.